The largest absolute Gasteiger partial charge is 0.466 e. The van der Waals surface area contributed by atoms with Crippen molar-refractivity contribution in [3.8, 4) is 0 Å². The molecule has 0 spiro atoms. The summed E-state index contributed by atoms with van der Waals surface area (Å²) in [6.45, 7) is 3.11. The van der Waals surface area contributed by atoms with Gasteiger partial charge in [0.25, 0.3) is 0 Å². The van der Waals surface area contributed by atoms with Gasteiger partial charge in [0.15, 0.2) is 0 Å². The quantitative estimate of drug-likeness (QED) is 0.643. The van der Waals surface area contributed by atoms with Crippen molar-refractivity contribution < 1.29 is 32.2 Å². The predicted octanol–water partition coefficient (Wildman–Crippen LogP) is 1.87. The molecule has 0 N–H and O–H groups in total. The topological polar surface area (TPSA) is 112 Å². The molecule has 0 fully saturated rings. The standard InChI is InChI=1S/C18H20N2O7S2/c1-10(2)29(23,24)18-19-13-6-5-11(7-14(13)28-18)20-9-27-8-12(16(21)25-3)15(20)17(22)26-4/h5-7,10H,8-9H2,1-4H3. The first-order valence-corrected chi connectivity index (χ1v) is 11.0. The molecule has 1 aliphatic rings. The fraction of sp³-hybridized carbons (Fsp3) is 0.389. The Kier molecular flexibility index (Phi) is 5.92. The van der Waals surface area contributed by atoms with Crippen molar-refractivity contribution in [2.75, 3.05) is 32.5 Å². The lowest BCUT2D eigenvalue weighted by Crippen LogP contribution is -2.38. The van der Waals surface area contributed by atoms with E-state index < -0.39 is 27.0 Å². The molecule has 0 saturated carbocycles. The van der Waals surface area contributed by atoms with Gasteiger partial charge in [-0.25, -0.2) is 23.0 Å². The number of ether oxygens (including phenoxy) is 3. The minimum Gasteiger partial charge on any atom is -0.466 e. The van der Waals surface area contributed by atoms with E-state index in [1.165, 1.54) is 19.1 Å². The minimum absolute atomic E-state index is 0.00634. The Morgan fingerprint density at radius 2 is 1.90 bits per heavy atom. The van der Waals surface area contributed by atoms with Crippen LogP contribution in [0.5, 0.6) is 0 Å². The van der Waals surface area contributed by atoms with Crippen LogP contribution in [0.4, 0.5) is 5.69 Å². The molecule has 0 bridgehead atoms. The maximum atomic E-state index is 12.4. The number of thiazole rings is 1. The number of methoxy groups -OCH3 is 2. The second-order valence-electron chi connectivity index (χ2n) is 6.44. The second-order valence-corrected chi connectivity index (χ2v) is 10.2. The van der Waals surface area contributed by atoms with Gasteiger partial charge in [-0.3, -0.25) is 0 Å². The lowest BCUT2D eigenvalue weighted by Gasteiger charge is -2.31. The highest BCUT2D eigenvalue weighted by atomic mass is 32.2. The van der Waals surface area contributed by atoms with Gasteiger partial charge >= 0.3 is 11.9 Å². The summed E-state index contributed by atoms with van der Waals surface area (Å²) in [4.78, 5) is 30.2. The molecule has 29 heavy (non-hydrogen) atoms. The van der Waals surface area contributed by atoms with Crippen LogP contribution in [0.15, 0.2) is 33.8 Å². The van der Waals surface area contributed by atoms with Crippen molar-refractivity contribution in [3.05, 3.63) is 29.5 Å². The summed E-state index contributed by atoms with van der Waals surface area (Å²) in [6, 6.07) is 5.01. The summed E-state index contributed by atoms with van der Waals surface area (Å²) in [5.41, 5.74) is 1.10. The van der Waals surface area contributed by atoms with Crippen molar-refractivity contribution in [2.45, 2.75) is 23.4 Å². The van der Waals surface area contributed by atoms with Crippen LogP contribution in [-0.4, -0.2) is 58.1 Å². The highest BCUT2D eigenvalue weighted by Crippen LogP contribution is 2.33. The fourth-order valence-corrected chi connectivity index (χ4v) is 5.40. The molecule has 0 atom stereocenters. The number of aromatic nitrogens is 1. The zero-order valence-electron chi connectivity index (χ0n) is 16.3. The Hall–Kier alpha value is -2.50. The van der Waals surface area contributed by atoms with Crippen LogP contribution in [-0.2, 0) is 33.6 Å². The first-order chi connectivity index (χ1) is 13.7. The molecule has 156 valence electrons. The number of carbonyl (C=O) groups excluding carboxylic acids is 2. The van der Waals surface area contributed by atoms with Gasteiger partial charge in [-0.05, 0) is 32.0 Å². The average Bonchev–Trinajstić information content (AvgIpc) is 3.16. The fourth-order valence-electron chi connectivity index (χ4n) is 2.73. The number of esters is 2. The van der Waals surface area contributed by atoms with E-state index in [1.54, 1.807) is 32.0 Å². The number of benzene rings is 1. The summed E-state index contributed by atoms with van der Waals surface area (Å²) < 4.78 is 40.5. The third kappa shape index (κ3) is 3.85. The molecule has 1 aliphatic heterocycles. The number of anilines is 1. The van der Waals surface area contributed by atoms with Gasteiger partial charge in [-0.15, -0.1) is 11.3 Å². The first-order valence-electron chi connectivity index (χ1n) is 8.60. The third-order valence-corrected chi connectivity index (χ3v) is 7.94. The molecule has 0 amide bonds. The zero-order chi connectivity index (χ0) is 21.3. The molecule has 2 aromatic rings. The maximum absolute atomic E-state index is 12.4. The van der Waals surface area contributed by atoms with E-state index in [1.807, 2.05) is 0 Å². The smallest absolute Gasteiger partial charge is 0.355 e. The molecule has 0 radical (unpaired) electrons. The number of hydrogen-bond donors (Lipinski definition) is 0. The Morgan fingerprint density at radius 1 is 1.21 bits per heavy atom. The summed E-state index contributed by atoms with van der Waals surface area (Å²) >= 11 is 1.05. The van der Waals surface area contributed by atoms with Crippen molar-refractivity contribution in [2.24, 2.45) is 0 Å². The molecule has 0 unspecified atom stereocenters. The highest BCUT2D eigenvalue weighted by Gasteiger charge is 2.33. The van der Waals surface area contributed by atoms with E-state index in [4.69, 9.17) is 14.2 Å². The molecule has 1 aromatic carbocycles. The average molecular weight is 440 g/mol. The second kappa shape index (κ2) is 8.09. The van der Waals surface area contributed by atoms with Crippen LogP contribution in [0.3, 0.4) is 0 Å². The summed E-state index contributed by atoms with van der Waals surface area (Å²) in [5.74, 6) is -1.40. The van der Waals surface area contributed by atoms with Gasteiger partial charge in [0.05, 0.1) is 41.9 Å². The zero-order valence-corrected chi connectivity index (χ0v) is 17.9. The van der Waals surface area contributed by atoms with Crippen LogP contribution in [0.2, 0.25) is 0 Å². The Morgan fingerprint density at radius 3 is 2.52 bits per heavy atom. The van der Waals surface area contributed by atoms with Crippen LogP contribution in [0.25, 0.3) is 10.2 Å². The minimum atomic E-state index is -3.50. The normalized spacial score (nSPS) is 15.1. The molecule has 1 aromatic heterocycles. The van der Waals surface area contributed by atoms with Crippen molar-refractivity contribution >= 4 is 49.0 Å². The molecule has 2 heterocycles. The van der Waals surface area contributed by atoms with E-state index in [9.17, 15) is 18.0 Å². The van der Waals surface area contributed by atoms with Gasteiger partial charge in [0, 0.05) is 5.69 Å². The monoisotopic (exact) mass is 440 g/mol. The van der Waals surface area contributed by atoms with Gasteiger partial charge in [-0.1, -0.05) is 0 Å². The van der Waals surface area contributed by atoms with Gasteiger partial charge in [-0.2, -0.15) is 0 Å². The van der Waals surface area contributed by atoms with E-state index in [0.717, 1.165) is 11.3 Å². The number of carbonyl (C=O) groups is 2. The lowest BCUT2D eigenvalue weighted by atomic mass is 10.1. The van der Waals surface area contributed by atoms with Crippen LogP contribution >= 0.6 is 11.3 Å². The number of rotatable bonds is 5. The lowest BCUT2D eigenvalue weighted by molar-refractivity contribution is -0.140. The summed E-state index contributed by atoms with van der Waals surface area (Å²) in [7, 11) is -1.08. The predicted molar refractivity (Wildman–Crippen MR) is 106 cm³/mol. The summed E-state index contributed by atoms with van der Waals surface area (Å²) in [5, 5.41) is -0.588. The summed E-state index contributed by atoms with van der Waals surface area (Å²) in [6.07, 6.45) is 0. The molecule has 9 nitrogen and oxygen atoms in total. The van der Waals surface area contributed by atoms with E-state index in [-0.39, 0.29) is 28.9 Å². The van der Waals surface area contributed by atoms with Gasteiger partial charge in [0.1, 0.15) is 12.4 Å². The molecule has 0 saturated heterocycles. The number of sulfone groups is 1. The number of nitrogens with zero attached hydrogens (tertiary/aromatic N) is 2. The molecule has 11 heteroatoms. The van der Waals surface area contributed by atoms with E-state index in [2.05, 4.69) is 4.98 Å². The van der Waals surface area contributed by atoms with Crippen LogP contribution in [0.1, 0.15) is 13.8 Å². The molecular weight excluding hydrogens is 420 g/mol. The van der Waals surface area contributed by atoms with Crippen molar-refractivity contribution in [3.63, 3.8) is 0 Å². The van der Waals surface area contributed by atoms with Crippen LogP contribution in [0, 0.1) is 0 Å². The maximum Gasteiger partial charge on any atom is 0.355 e. The Labute approximate surface area is 171 Å². The molecule has 3 rings (SSSR count). The Balaban J connectivity index is 2.11. The van der Waals surface area contributed by atoms with Crippen LogP contribution < -0.4 is 4.90 Å². The third-order valence-electron chi connectivity index (χ3n) is 4.36. The van der Waals surface area contributed by atoms with Crippen molar-refractivity contribution in [1.82, 2.24) is 4.98 Å². The van der Waals surface area contributed by atoms with Gasteiger partial charge in [0.2, 0.25) is 14.2 Å². The Bertz CT molecular complexity index is 1100. The highest BCUT2D eigenvalue weighted by molar-refractivity contribution is 7.94. The molecule has 0 aliphatic carbocycles. The number of fused-ring (bicyclic) bond motifs is 1. The molecular formula is C18H20N2O7S2. The SMILES string of the molecule is COC(=O)C1=C(C(=O)OC)N(c2ccc3nc(S(=O)(=O)C(C)C)sc3c2)COC1. The van der Waals surface area contributed by atoms with Gasteiger partial charge < -0.3 is 19.1 Å². The van der Waals surface area contributed by atoms with E-state index >= 15 is 0 Å². The van der Waals surface area contributed by atoms with E-state index in [0.29, 0.717) is 15.9 Å². The number of hydrogen-bond acceptors (Lipinski definition) is 10. The van der Waals surface area contributed by atoms with Crippen molar-refractivity contribution in [1.29, 1.82) is 0 Å². The first kappa shape index (κ1) is 21.2.